The number of carbonyl (C=O) groups is 2. The smallest absolute Gasteiger partial charge is 0.345 e. The molecule has 108 valence electrons. The van der Waals surface area contributed by atoms with E-state index in [2.05, 4.69) is 0 Å². The molecule has 0 saturated heterocycles. The zero-order valence-corrected chi connectivity index (χ0v) is 12.3. The molecule has 0 radical (unpaired) electrons. The fourth-order valence-electron chi connectivity index (χ4n) is 1.75. The Labute approximate surface area is 127 Å². The summed E-state index contributed by atoms with van der Waals surface area (Å²) in [7, 11) is 1.44. The number of carbonyl (C=O) groups excluding carboxylic acids is 2. The van der Waals surface area contributed by atoms with E-state index in [-0.39, 0.29) is 17.1 Å². The van der Waals surface area contributed by atoms with Crippen molar-refractivity contribution in [2.45, 2.75) is 6.92 Å². The molecule has 4 nitrogen and oxygen atoms in total. The molecule has 0 saturated carbocycles. The van der Waals surface area contributed by atoms with Crippen molar-refractivity contribution in [3.8, 4) is 11.5 Å². The zero-order valence-electron chi connectivity index (χ0n) is 11.6. The lowest BCUT2D eigenvalue weighted by molar-refractivity contribution is 0.0730. The molecule has 0 aliphatic carbocycles. The summed E-state index contributed by atoms with van der Waals surface area (Å²) in [5.41, 5.74) is 0.737. The van der Waals surface area contributed by atoms with Crippen molar-refractivity contribution in [1.82, 2.24) is 0 Å². The normalized spacial score (nSPS) is 10.0. The Morgan fingerprint density at radius 1 is 1.05 bits per heavy atom. The van der Waals surface area contributed by atoms with E-state index in [4.69, 9.17) is 21.1 Å². The molecule has 0 N–H and O–H groups in total. The van der Waals surface area contributed by atoms with Crippen LogP contribution in [0.5, 0.6) is 11.5 Å². The van der Waals surface area contributed by atoms with Crippen LogP contribution in [0.2, 0.25) is 5.02 Å². The van der Waals surface area contributed by atoms with Gasteiger partial charge < -0.3 is 9.47 Å². The molecular weight excluding hydrogens is 292 g/mol. The van der Waals surface area contributed by atoms with E-state index in [9.17, 15) is 9.59 Å². The largest absolute Gasteiger partial charge is 0.493 e. The number of methoxy groups -OCH3 is 1. The second-order valence-electron chi connectivity index (χ2n) is 4.29. The topological polar surface area (TPSA) is 52.6 Å². The molecule has 0 spiro atoms. The summed E-state index contributed by atoms with van der Waals surface area (Å²) in [6, 6.07) is 11.2. The Bertz CT molecular complexity index is 694. The van der Waals surface area contributed by atoms with Crippen LogP contribution in [0, 0.1) is 0 Å². The average Bonchev–Trinajstić information content (AvgIpc) is 2.47. The highest BCUT2D eigenvalue weighted by molar-refractivity contribution is 6.33. The van der Waals surface area contributed by atoms with Gasteiger partial charge in [-0.25, -0.2) is 4.79 Å². The number of esters is 1. The van der Waals surface area contributed by atoms with E-state index in [1.54, 1.807) is 30.3 Å². The van der Waals surface area contributed by atoms with Gasteiger partial charge in [-0.1, -0.05) is 23.7 Å². The molecule has 0 aliphatic rings. The molecule has 0 amide bonds. The molecule has 0 heterocycles. The quantitative estimate of drug-likeness (QED) is 0.490. The third kappa shape index (κ3) is 3.41. The van der Waals surface area contributed by atoms with Crippen LogP contribution in [-0.4, -0.2) is 18.9 Å². The van der Waals surface area contributed by atoms with E-state index >= 15 is 0 Å². The monoisotopic (exact) mass is 304 g/mol. The number of ether oxygens (including phenoxy) is 2. The summed E-state index contributed by atoms with van der Waals surface area (Å²) in [5, 5.41) is 0.307. The van der Waals surface area contributed by atoms with Crippen LogP contribution >= 0.6 is 11.6 Å². The third-order valence-electron chi connectivity index (χ3n) is 2.87. The van der Waals surface area contributed by atoms with Crippen LogP contribution in [0.1, 0.15) is 27.6 Å². The number of hydrogen-bond acceptors (Lipinski definition) is 4. The molecule has 0 bridgehead atoms. The molecular formula is C16H13ClO4. The van der Waals surface area contributed by atoms with Crippen LogP contribution in [0.25, 0.3) is 0 Å². The number of rotatable bonds is 4. The summed E-state index contributed by atoms with van der Waals surface area (Å²) >= 11 is 5.95. The van der Waals surface area contributed by atoms with E-state index in [1.165, 1.54) is 26.2 Å². The maximum Gasteiger partial charge on any atom is 0.345 e. The van der Waals surface area contributed by atoms with Gasteiger partial charge in [0.05, 0.1) is 17.7 Å². The summed E-state index contributed by atoms with van der Waals surface area (Å²) in [6.45, 7) is 1.45. The van der Waals surface area contributed by atoms with E-state index in [0.29, 0.717) is 16.3 Å². The molecule has 0 unspecified atom stereocenters. The number of halogens is 1. The third-order valence-corrected chi connectivity index (χ3v) is 3.20. The Morgan fingerprint density at radius 2 is 1.76 bits per heavy atom. The van der Waals surface area contributed by atoms with Gasteiger partial charge >= 0.3 is 5.97 Å². The molecule has 2 aromatic carbocycles. The molecule has 0 fully saturated rings. The van der Waals surface area contributed by atoms with Crippen molar-refractivity contribution < 1.29 is 19.1 Å². The van der Waals surface area contributed by atoms with Gasteiger partial charge in [0.25, 0.3) is 0 Å². The molecule has 0 aromatic heterocycles. The highest BCUT2D eigenvalue weighted by atomic mass is 35.5. The standard InChI is InChI=1S/C16H13ClO4/c1-10(18)11-7-8-14(15(9-11)20-2)21-16(19)12-5-3-4-6-13(12)17/h3-9H,1-2H3. The second kappa shape index (κ2) is 6.41. The molecule has 0 aliphatic heterocycles. The molecule has 2 rings (SSSR count). The van der Waals surface area contributed by atoms with Gasteiger partial charge in [0.2, 0.25) is 0 Å². The van der Waals surface area contributed by atoms with Gasteiger partial charge in [-0.3, -0.25) is 4.79 Å². The van der Waals surface area contributed by atoms with Crippen LogP contribution in [0.3, 0.4) is 0 Å². The molecule has 0 atom stereocenters. The van der Waals surface area contributed by atoms with E-state index < -0.39 is 5.97 Å². The maximum absolute atomic E-state index is 12.1. The minimum Gasteiger partial charge on any atom is -0.493 e. The van der Waals surface area contributed by atoms with E-state index in [1.807, 2.05) is 0 Å². The number of Topliss-reactive ketones (excluding diaryl/α,β-unsaturated/α-hetero) is 1. The van der Waals surface area contributed by atoms with Crippen LogP contribution < -0.4 is 9.47 Å². The minimum atomic E-state index is -0.588. The fourth-order valence-corrected chi connectivity index (χ4v) is 1.97. The van der Waals surface area contributed by atoms with Crippen molar-refractivity contribution in [2.75, 3.05) is 7.11 Å². The summed E-state index contributed by atoms with van der Waals surface area (Å²) < 4.78 is 10.4. The zero-order chi connectivity index (χ0) is 15.4. The van der Waals surface area contributed by atoms with Gasteiger partial charge in [0.15, 0.2) is 17.3 Å². The first-order chi connectivity index (χ1) is 10.0. The van der Waals surface area contributed by atoms with Gasteiger partial charge in [0.1, 0.15) is 0 Å². The predicted octanol–water partition coefficient (Wildman–Crippen LogP) is 3.77. The first-order valence-corrected chi connectivity index (χ1v) is 6.56. The Kier molecular flexibility index (Phi) is 4.60. The molecule has 2 aromatic rings. The fraction of sp³-hybridized carbons (Fsp3) is 0.125. The SMILES string of the molecule is COc1cc(C(C)=O)ccc1OC(=O)c1ccccc1Cl. The highest BCUT2D eigenvalue weighted by Gasteiger charge is 2.16. The van der Waals surface area contributed by atoms with Crippen molar-refractivity contribution in [1.29, 1.82) is 0 Å². The summed E-state index contributed by atoms with van der Waals surface area (Å²) in [4.78, 5) is 23.4. The Balaban J connectivity index is 2.29. The lowest BCUT2D eigenvalue weighted by Gasteiger charge is -2.10. The van der Waals surface area contributed by atoms with Gasteiger partial charge in [0, 0.05) is 5.56 Å². The van der Waals surface area contributed by atoms with Crippen molar-refractivity contribution in [2.24, 2.45) is 0 Å². The summed E-state index contributed by atoms with van der Waals surface area (Å²) in [6.07, 6.45) is 0. The van der Waals surface area contributed by atoms with Crippen LogP contribution in [0.4, 0.5) is 0 Å². The van der Waals surface area contributed by atoms with Gasteiger partial charge in [-0.15, -0.1) is 0 Å². The van der Waals surface area contributed by atoms with Crippen LogP contribution in [-0.2, 0) is 0 Å². The van der Waals surface area contributed by atoms with Gasteiger partial charge in [-0.2, -0.15) is 0 Å². The highest BCUT2D eigenvalue weighted by Crippen LogP contribution is 2.29. The van der Waals surface area contributed by atoms with Crippen molar-refractivity contribution in [3.05, 3.63) is 58.6 Å². The predicted molar refractivity (Wildman–Crippen MR) is 79.4 cm³/mol. The first kappa shape index (κ1) is 15.1. The first-order valence-electron chi connectivity index (χ1n) is 6.18. The second-order valence-corrected chi connectivity index (χ2v) is 4.70. The number of ketones is 1. The number of hydrogen-bond donors (Lipinski definition) is 0. The molecule has 21 heavy (non-hydrogen) atoms. The van der Waals surface area contributed by atoms with E-state index in [0.717, 1.165) is 0 Å². The lowest BCUT2D eigenvalue weighted by Crippen LogP contribution is -2.10. The van der Waals surface area contributed by atoms with Crippen molar-refractivity contribution in [3.63, 3.8) is 0 Å². The molecule has 5 heteroatoms. The Morgan fingerprint density at radius 3 is 2.38 bits per heavy atom. The van der Waals surface area contributed by atoms with Gasteiger partial charge in [-0.05, 0) is 37.3 Å². The number of benzene rings is 2. The Hall–Kier alpha value is -2.33. The maximum atomic E-state index is 12.1. The van der Waals surface area contributed by atoms with Crippen LogP contribution in [0.15, 0.2) is 42.5 Å². The van der Waals surface area contributed by atoms with Crippen molar-refractivity contribution >= 4 is 23.4 Å². The summed E-state index contributed by atoms with van der Waals surface area (Å²) in [5.74, 6) is -0.151. The average molecular weight is 305 g/mol. The minimum absolute atomic E-state index is 0.0997. The lowest BCUT2D eigenvalue weighted by atomic mass is 10.1.